The fourth-order valence-electron chi connectivity index (χ4n) is 3.68. The average molecular weight is 456 g/mol. The van der Waals surface area contributed by atoms with Crippen molar-refractivity contribution in [2.75, 3.05) is 26.4 Å². The number of ether oxygens (including phenoxy) is 6. The molecule has 0 aromatic heterocycles. The third-order valence-electron chi connectivity index (χ3n) is 5.34. The number of nitriles is 2. The zero-order valence-corrected chi connectivity index (χ0v) is 18.1. The molecule has 2 heterocycles. The van der Waals surface area contributed by atoms with E-state index in [1.54, 1.807) is 12.1 Å². The molecule has 8 nitrogen and oxygen atoms in total. The van der Waals surface area contributed by atoms with Crippen LogP contribution < -0.4 is 28.4 Å². The van der Waals surface area contributed by atoms with Crippen LogP contribution in [0.5, 0.6) is 34.5 Å². The highest BCUT2D eigenvalue weighted by Crippen LogP contribution is 2.34. The van der Waals surface area contributed by atoms with Crippen LogP contribution in [0.1, 0.15) is 11.1 Å². The van der Waals surface area contributed by atoms with Crippen molar-refractivity contribution in [3.63, 3.8) is 0 Å². The molecule has 2 atom stereocenters. The molecule has 0 saturated heterocycles. The lowest BCUT2D eigenvalue weighted by Gasteiger charge is -2.27. The van der Waals surface area contributed by atoms with Crippen molar-refractivity contribution in [1.82, 2.24) is 0 Å². The Bertz CT molecular complexity index is 1180. The summed E-state index contributed by atoms with van der Waals surface area (Å²) < 4.78 is 34.8. The van der Waals surface area contributed by atoms with Gasteiger partial charge < -0.3 is 28.4 Å². The van der Waals surface area contributed by atoms with Gasteiger partial charge in [0.05, 0.1) is 0 Å². The maximum atomic E-state index is 9.71. The van der Waals surface area contributed by atoms with Crippen molar-refractivity contribution in [2.24, 2.45) is 0 Å². The van der Waals surface area contributed by atoms with Crippen molar-refractivity contribution in [1.29, 1.82) is 10.5 Å². The van der Waals surface area contributed by atoms with Crippen LogP contribution in [0.2, 0.25) is 0 Å². The highest BCUT2D eigenvalue weighted by molar-refractivity contribution is 5.60. The van der Waals surface area contributed by atoms with Crippen LogP contribution in [-0.4, -0.2) is 38.6 Å². The number of para-hydroxylation sites is 4. The monoisotopic (exact) mass is 456 g/mol. The van der Waals surface area contributed by atoms with E-state index in [4.69, 9.17) is 28.4 Å². The van der Waals surface area contributed by atoms with Gasteiger partial charge in [0.1, 0.15) is 61.2 Å². The number of fused-ring (bicyclic) bond motifs is 2. The molecular formula is C26H20N2O6. The molecule has 0 bridgehead atoms. The Hall–Kier alpha value is -4.56. The molecular weight excluding hydrogens is 436 g/mol. The summed E-state index contributed by atoms with van der Waals surface area (Å²) >= 11 is 0. The van der Waals surface area contributed by atoms with Crippen molar-refractivity contribution < 1.29 is 28.4 Å². The lowest BCUT2D eigenvalue weighted by atomic mass is 10.1. The molecule has 170 valence electrons. The summed E-state index contributed by atoms with van der Waals surface area (Å²) in [5, 5.41) is 19.4. The second kappa shape index (κ2) is 9.51. The molecule has 34 heavy (non-hydrogen) atoms. The van der Waals surface area contributed by atoms with E-state index in [0.717, 1.165) is 0 Å². The van der Waals surface area contributed by atoms with E-state index in [2.05, 4.69) is 12.1 Å². The maximum absolute atomic E-state index is 9.71. The minimum absolute atomic E-state index is 0.100. The minimum Gasteiger partial charge on any atom is -0.488 e. The molecule has 0 fully saturated rings. The van der Waals surface area contributed by atoms with Gasteiger partial charge in [-0.15, -0.1) is 0 Å². The molecule has 5 rings (SSSR count). The van der Waals surface area contributed by atoms with Crippen LogP contribution in [0.25, 0.3) is 0 Å². The number of benzene rings is 3. The second-order valence-corrected chi connectivity index (χ2v) is 7.65. The Morgan fingerprint density at radius 3 is 1.47 bits per heavy atom. The molecule has 2 aliphatic rings. The minimum atomic E-state index is -0.353. The zero-order chi connectivity index (χ0) is 23.3. The van der Waals surface area contributed by atoms with Gasteiger partial charge in [0.2, 0.25) is 0 Å². The largest absolute Gasteiger partial charge is 0.488 e. The molecule has 0 aliphatic carbocycles. The Balaban J connectivity index is 1.24. The third kappa shape index (κ3) is 4.35. The first-order chi connectivity index (χ1) is 16.7. The van der Waals surface area contributed by atoms with Gasteiger partial charge in [-0.05, 0) is 36.4 Å². The number of hydrogen-bond donors (Lipinski definition) is 0. The molecule has 3 aromatic carbocycles. The van der Waals surface area contributed by atoms with E-state index in [-0.39, 0.29) is 48.0 Å². The van der Waals surface area contributed by atoms with Crippen LogP contribution >= 0.6 is 0 Å². The lowest BCUT2D eigenvalue weighted by Crippen LogP contribution is -2.34. The van der Waals surface area contributed by atoms with E-state index in [0.29, 0.717) is 36.2 Å². The van der Waals surface area contributed by atoms with Crippen LogP contribution in [0, 0.1) is 22.7 Å². The molecule has 3 aromatic rings. The number of hydrogen-bond acceptors (Lipinski definition) is 8. The van der Waals surface area contributed by atoms with E-state index >= 15 is 0 Å². The van der Waals surface area contributed by atoms with Gasteiger partial charge in [-0.2, -0.15) is 10.5 Å². The standard InChI is InChI=1S/C26H20N2O6/c27-11-19-20(12-28)22(30-14-18-16-32-24-6-2-4-8-26(24)34-18)10-9-21(19)29-13-17-15-31-23-5-1-3-7-25(23)33-17/h1-10,17-18H,13-16H2. The lowest BCUT2D eigenvalue weighted by molar-refractivity contribution is 0.0523. The summed E-state index contributed by atoms with van der Waals surface area (Å²) in [5.74, 6) is 3.20. The predicted molar refractivity (Wildman–Crippen MR) is 120 cm³/mol. The fourth-order valence-corrected chi connectivity index (χ4v) is 3.68. The van der Waals surface area contributed by atoms with Crippen molar-refractivity contribution in [2.45, 2.75) is 12.2 Å². The van der Waals surface area contributed by atoms with Gasteiger partial charge in [0.25, 0.3) is 0 Å². The molecule has 0 spiro atoms. The normalized spacial score (nSPS) is 17.7. The molecule has 8 heteroatoms. The summed E-state index contributed by atoms with van der Waals surface area (Å²) in [7, 11) is 0. The van der Waals surface area contributed by atoms with Crippen molar-refractivity contribution in [3.8, 4) is 46.6 Å². The first-order valence-electron chi connectivity index (χ1n) is 10.7. The van der Waals surface area contributed by atoms with Crippen molar-refractivity contribution in [3.05, 3.63) is 71.8 Å². The highest BCUT2D eigenvalue weighted by Gasteiger charge is 2.24. The van der Waals surface area contributed by atoms with Crippen LogP contribution in [-0.2, 0) is 0 Å². The molecule has 0 radical (unpaired) electrons. The van der Waals surface area contributed by atoms with E-state index in [9.17, 15) is 10.5 Å². The highest BCUT2D eigenvalue weighted by atomic mass is 16.6. The van der Waals surface area contributed by atoms with Gasteiger partial charge in [-0.3, -0.25) is 0 Å². The molecule has 2 aliphatic heterocycles. The maximum Gasteiger partial charge on any atom is 0.166 e. The fraction of sp³-hybridized carbons (Fsp3) is 0.231. The van der Waals surface area contributed by atoms with Gasteiger partial charge in [0.15, 0.2) is 35.2 Å². The average Bonchev–Trinajstić information content (AvgIpc) is 2.90. The molecule has 0 saturated carbocycles. The summed E-state index contributed by atoms with van der Waals surface area (Å²) in [6.07, 6.45) is -0.705. The van der Waals surface area contributed by atoms with E-state index < -0.39 is 0 Å². The molecule has 2 unspecified atom stereocenters. The smallest absolute Gasteiger partial charge is 0.166 e. The number of rotatable bonds is 6. The first kappa shape index (κ1) is 21.3. The van der Waals surface area contributed by atoms with Crippen LogP contribution in [0.3, 0.4) is 0 Å². The van der Waals surface area contributed by atoms with Crippen molar-refractivity contribution >= 4 is 0 Å². The first-order valence-corrected chi connectivity index (χ1v) is 10.7. The Labute approximate surface area is 196 Å². The van der Waals surface area contributed by atoms with E-state index in [1.165, 1.54) is 0 Å². The Morgan fingerprint density at radius 2 is 1.06 bits per heavy atom. The summed E-state index contributed by atoms with van der Waals surface area (Å²) in [6, 6.07) is 22.1. The Kier molecular flexibility index (Phi) is 5.96. The van der Waals surface area contributed by atoms with Gasteiger partial charge in [-0.25, -0.2) is 0 Å². The predicted octanol–water partition coefficient (Wildman–Crippen LogP) is 3.87. The molecule has 0 N–H and O–H groups in total. The molecule has 0 amide bonds. The second-order valence-electron chi connectivity index (χ2n) is 7.65. The van der Waals surface area contributed by atoms with Gasteiger partial charge >= 0.3 is 0 Å². The summed E-state index contributed by atoms with van der Waals surface area (Å²) in [5.41, 5.74) is 0.201. The number of nitrogens with zero attached hydrogens (tertiary/aromatic N) is 2. The van der Waals surface area contributed by atoms with Crippen LogP contribution in [0.4, 0.5) is 0 Å². The Morgan fingerprint density at radius 1 is 0.647 bits per heavy atom. The van der Waals surface area contributed by atoms with Gasteiger partial charge in [-0.1, -0.05) is 24.3 Å². The zero-order valence-electron chi connectivity index (χ0n) is 18.1. The third-order valence-corrected chi connectivity index (χ3v) is 5.34. The SMILES string of the molecule is N#Cc1c(OCC2COc3ccccc3O2)ccc(OCC2COc3ccccc3O2)c1C#N. The quantitative estimate of drug-likeness (QED) is 0.551. The van der Waals surface area contributed by atoms with E-state index in [1.807, 2.05) is 48.5 Å². The summed E-state index contributed by atoms with van der Waals surface area (Å²) in [4.78, 5) is 0. The van der Waals surface area contributed by atoms with Gasteiger partial charge in [0, 0.05) is 0 Å². The van der Waals surface area contributed by atoms with Crippen LogP contribution in [0.15, 0.2) is 60.7 Å². The topological polar surface area (TPSA) is 103 Å². The summed E-state index contributed by atoms with van der Waals surface area (Å²) in [6.45, 7) is 0.942.